The van der Waals surface area contributed by atoms with Crippen LogP contribution in [0.25, 0.3) is 0 Å². The molecule has 2 atom stereocenters. The second-order valence-corrected chi connectivity index (χ2v) is 6.44. The van der Waals surface area contributed by atoms with Gasteiger partial charge >= 0.3 is 0 Å². The minimum absolute atomic E-state index is 0.0202. The molecular weight excluding hydrogens is 228 g/mol. The highest BCUT2D eigenvalue weighted by atomic mass is 16.3. The number of nitrogens with two attached hydrogens (primary N) is 1. The van der Waals surface area contributed by atoms with E-state index in [2.05, 4.69) is 33.0 Å². The van der Waals surface area contributed by atoms with Gasteiger partial charge in [0.25, 0.3) is 0 Å². The van der Waals surface area contributed by atoms with E-state index in [0.717, 1.165) is 12.8 Å². The Bertz CT molecular complexity index is 236. The Morgan fingerprint density at radius 3 is 2.44 bits per heavy atom. The van der Waals surface area contributed by atoms with Gasteiger partial charge in [0.2, 0.25) is 5.91 Å². The van der Waals surface area contributed by atoms with Crippen LogP contribution in [-0.4, -0.2) is 30.2 Å². The van der Waals surface area contributed by atoms with Gasteiger partial charge < -0.3 is 16.2 Å². The van der Waals surface area contributed by atoms with Gasteiger partial charge in [0.05, 0.1) is 6.10 Å². The first kappa shape index (κ1) is 17.4. The molecule has 4 N–H and O–H groups in total. The van der Waals surface area contributed by atoms with Gasteiger partial charge in [0.1, 0.15) is 0 Å². The number of rotatable bonds is 8. The molecule has 2 unspecified atom stereocenters. The van der Waals surface area contributed by atoms with Gasteiger partial charge in [-0.2, -0.15) is 0 Å². The van der Waals surface area contributed by atoms with Crippen LogP contribution in [0.4, 0.5) is 0 Å². The first-order chi connectivity index (χ1) is 8.24. The van der Waals surface area contributed by atoms with Crippen molar-refractivity contribution < 1.29 is 9.90 Å². The summed E-state index contributed by atoms with van der Waals surface area (Å²) in [4.78, 5) is 11.6. The van der Waals surface area contributed by atoms with E-state index >= 15 is 0 Å². The van der Waals surface area contributed by atoms with E-state index in [1.807, 2.05) is 0 Å². The molecule has 0 heterocycles. The molecule has 0 radical (unpaired) electrons. The molecule has 4 nitrogen and oxygen atoms in total. The predicted octanol–water partition coefficient (Wildman–Crippen LogP) is 1.66. The van der Waals surface area contributed by atoms with E-state index in [9.17, 15) is 9.90 Å². The molecule has 0 saturated heterocycles. The lowest BCUT2D eigenvalue weighted by Crippen LogP contribution is -2.34. The molecule has 4 heteroatoms. The van der Waals surface area contributed by atoms with Crippen molar-refractivity contribution in [2.45, 2.75) is 59.5 Å². The zero-order valence-electron chi connectivity index (χ0n) is 12.3. The standard InChI is InChI=1S/C14H30N2O2/c1-11(7-8-15)5-6-13(18)16-10-12(17)9-14(2,3)4/h11-12,17H,5-10,15H2,1-4H3,(H,16,18). The van der Waals surface area contributed by atoms with E-state index in [-0.39, 0.29) is 11.3 Å². The number of aliphatic hydroxyl groups excluding tert-OH is 1. The summed E-state index contributed by atoms with van der Waals surface area (Å²) in [5.41, 5.74) is 5.54. The fourth-order valence-electron chi connectivity index (χ4n) is 1.91. The van der Waals surface area contributed by atoms with Crippen molar-refractivity contribution in [3.05, 3.63) is 0 Å². The lowest BCUT2D eigenvalue weighted by Gasteiger charge is -2.22. The Hall–Kier alpha value is -0.610. The van der Waals surface area contributed by atoms with Gasteiger partial charge in [0, 0.05) is 13.0 Å². The highest BCUT2D eigenvalue weighted by molar-refractivity contribution is 5.75. The Morgan fingerprint density at radius 2 is 1.94 bits per heavy atom. The van der Waals surface area contributed by atoms with Gasteiger partial charge in [-0.05, 0) is 37.1 Å². The minimum atomic E-state index is -0.463. The smallest absolute Gasteiger partial charge is 0.220 e. The number of hydrogen-bond acceptors (Lipinski definition) is 3. The van der Waals surface area contributed by atoms with Crippen LogP contribution in [0.15, 0.2) is 0 Å². The Labute approximate surface area is 111 Å². The van der Waals surface area contributed by atoms with E-state index < -0.39 is 6.10 Å². The third-order valence-corrected chi connectivity index (χ3v) is 2.91. The van der Waals surface area contributed by atoms with Crippen molar-refractivity contribution in [3.8, 4) is 0 Å². The molecule has 0 bridgehead atoms. The number of hydrogen-bond donors (Lipinski definition) is 3. The normalized spacial score (nSPS) is 15.2. The van der Waals surface area contributed by atoms with Crippen LogP contribution in [0.2, 0.25) is 0 Å². The lowest BCUT2D eigenvalue weighted by molar-refractivity contribution is -0.121. The number of carbonyl (C=O) groups is 1. The lowest BCUT2D eigenvalue weighted by atomic mass is 9.89. The van der Waals surface area contributed by atoms with E-state index in [0.29, 0.717) is 31.8 Å². The summed E-state index contributed by atoms with van der Waals surface area (Å²) >= 11 is 0. The average molecular weight is 258 g/mol. The first-order valence-corrected chi connectivity index (χ1v) is 6.89. The van der Waals surface area contributed by atoms with Crippen molar-refractivity contribution in [1.29, 1.82) is 0 Å². The first-order valence-electron chi connectivity index (χ1n) is 6.89. The highest BCUT2D eigenvalue weighted by Gasteiger charge is 2.17. The molecule has 18 heavy (non-hydrogen) atoms. The molecule has 0 aliphatic carbocycles. The van der Waals surface area contributed by atoms with Gasteiger partial charge in [-0.15, -0.1) is 0 Å². The average Bonchev–Trinajstić information content (AvgIpc) is 2.21. The molecule has 0 aromatic heterocycles. The van der Waals surface area contributed by atoms with Gasteiger partial charge in [-0.1, -0.05) is 27.7 Å². The maximum Gasteiger partial charge on any atom is 0.220 e. The van der Waals surface area contributed by atoms with Crippen LogP contribution in [0.1, 0.15) is 53.4 Å². The largest absolute Gasteiger partial charge is 0.391 e. The van der Waals surface area contributed by atoms with Crippen molar-refractivity contribution in [2.75, 3.05) is 13.1 Å². The maximum absolute atomic E-state index is 11.6. The van der Waals surface area contributed by atoms with Gasteiger partial charge in [-0.25, -0.2) is 0 Å². The number of aliphatic hydroxyl groups is 1. The molecule has 0 aromatic rings. The molecule has 0 saturated carbocycles. The zero-order chi connectivity index (χ0) is 14.2. The topological polar surface area (TPSA) is 75.4 Å². The molecule has 0 fully saturated rings. The molecule has 0 rings (SSSR count). The monoisotopic (exact) mass is 258 g/mol. The van der Waals surface area contributed by atoms with Crippen molar-refractivity contribution in [3.63, 3.8) is 0 Å². The summed E-state index contributed by atoms with van der Waals surface area (Å²) in [6, 6.07) is 0. The number of carbonyl (C=O) groups excluding carboxylic acids is 1. The second-order valence-electron chi connectivity index (χ2n) is 6.44. The van der Waals surface area contributed by atoms with Crippen LogP contribution in [0.5, 0.6) is 0 Å². The van der Waals surface area contributed by atoms with Crippen molar-refractivity contribution >= 4 is 5.91 Å². The van der Waals surface area contributed by atoms with Gasteiger partial charge in [0.15, 0.2) is 0 Å². The molecule has 0 aliphatic heterocycles. The Morgan fingerprint density at radius 1 is 1.33 bits per heavy atom. The predicted molar refractivity (Wildman–Crippen MR) is 75.2 cm³/mol. The van der Waals surface area contributed by atoms with Crippen LogP contribution in [0.3, 0.4) is 0 Å². The molecule has 0 aromatic carbocycles. The molecule has 0 spiro atoms. The van der Waals surface area contributed by atoms with Crippen LogP contribution in [-0.2, 0) is 4.79 Å². The molecular formula is C14H30N2O2. The van der Waals surface area contributed by atoms with E-state index in [1.165, 1.54) is 0 Å². The van der Waals surface area contributed by atoms with Crippen molar-refractivity contribution in [2.24, 2.45) is 17.1 Å². The Balaban J connectivity index is 3.70. The van der Waals surface area contributed by atoms with Crippen molar-refractivity contribution in [1.82, 2.24) is 5.32 Å². The number of nitrogens with one attached hydrogen (secondary N) is 1. The third-order valence-electron chi connectivity index (χ3n) is 2.91. The fraction of sp³-hybridized carbons (Fsp3) is 0.929. The number of amides is 1. The Kier molecular flexibility index (Phi) is 8.20. The SMILES string of the molecule is CC(CCN)CCC(=O)NCC(O)CC(C)(C)C. The molecule has 108 valence electrons. The summed E-state index contributed by atoms with van der Waals surface area (Å²) in [6.07, 6.45) is 2.56. The summed E-state index contributed by atoms with van der Waals surface area (Å²) in [6.45, 7) is 9.36. The zero-order valence-corrected chi connectivity index (χ0v) is 12.3. The fourth-order valence-corrected chi connectivity index (χ4v) is 1.91. The minimum Gasteiger partial charge on any atom is -0.391 e. The maximum atomic E-state index is 11.6. The van der Waals surface area contributed by atoms with Gasteiger partial charge in [-0.3, -0.25) is 4.79 Å². The summed E-state index contributed by atoms with van der Waals surface area (Å²) in [7, 11) is 0. The third kappa shape index (κ3) is 10.5. The molecule has 1 amide bonds. The highest BCUT2D eigenvalue weighted by Crippen LogP contribution is 2.20. The quantitative estimate of drug-likeness (QED) is 0.620. The van der Waals surface area contributed by atoms with Crippen LogP contribution < -0.4 is 11.1 Å². The van der Waals surface area contributed by atoms with Crippen LogP contribution in [0, 0.1) is 11.3 Å². The summed E-state index contributed by atoms with van der Waals surface area (Å²) < 4.78 is 0. The second kappa shape index (κ2) is 8.48. The summed E-state index contributed by atoms with van der Waals surface area (Å²) in [5.74, 6) is 0.507. The summed E-state index contributed by atoms with van der Waals surface area (Å²) in [5, 5.41) is 12.5. The van der Waals surface area contributed by atoms with E-state index in [1.54, 1.807) is 0 Å². The van der Waals surface area contributed by atoms with E-state index in [4.69, 9.17) is 5.73 Å². The molecule has 0 aliphatic rings. The van der Waals surface area contributed by atoms with Crippen LogP contribution >= 0.6 is 0 Å².